The van der Waals surface area contributed by atoms with E-state index in [0.717, 1.165) is 11.1 Å². The molecule has 0 aliphatic heterocycles. The average Bonchev–Trinajstić information content (AvgIpc) is 3.39. The average molecular weight is 451 g/mol. The number of hydrogen-bond donors (Lipinski definition) is 3. The molecule has 2 aliphatic rings. The minimum Gasteiger partial charge on any atom is -0.481 e. The summed E-state index contributed by atoms with van der Waals surface area (Å²) in [5, 5.41) is 14.7. The zero-order valence-corrected chi connectivity index (χ0v) is 18.8. The molecule has 1 saturated carbocycles. The summed E-state index contributed by atoms with van der Waals surface area (Å²) >= 11 is 0. The number of fused-ring (bicyclic) bond motifs is 3. The third-order valence-electron chi connectivity index (χ3n) is 6.73. The fraction of sp³-hybridized carbons (Fsp3) is 0.423. The lowest BCUT2D eigenvalue weighted by molar-refractivity contribution is -0.137. The quantitative estimate of drug-likeness (QED) is 0.563. The van der Waals surface area contributed by atoms with E-state index in [1.165, 1.54) is 11.1 Å². The monoisotopic (exact) mass is 450 g/mol. The van der Waals surface area contributed by atoms with Gasteiger partial charge in [0.2, 0.25) is 5.91 Å². The number of nitrogens with one attached hydrogen (secondary N) is 2. The molecule has 174 valence electrons. The Morgan fingerprint density at radius 2 is 1.67 bits per heavy atom. The summed E-state index contributed by atoms with van der Waals surface area (Å²) in [4.78, 5) is 35.9. The fourth-order valence-electron chi connectivity index (χ4n) is 4.98. The Morgan fingerprint density at radius 3 is 2.27 bits per heavy atom. The van der Waals surface area contributed by atoms with Gasteiger partial charge in [-0.25, -0.2) is 4.79 Å². The molecular weight excluding hydrogens is 420 g/mol. The van der Waals surface area contributed by atoms with Crippen LogP contribution in [0.1, 0.15) is 56.1 Å². The van der Waals surface area contributed by atoms with Gasteiger partial charge in [0.1, 0.15) is 6.61 Å². The van der Waals surface area contributed by atoms with E-state index in [-0.39, 0.29) is 42.9 Å². The normalized spacial score (nSPS) is 19.9. The molecule has 0 radical (unpaired) electrons. The summed E-state index contributed by atoms with van der Waals surface area (Å²) in [6, 6.07) is 15.9. The molecule has 0 bridgehead atoms. The van der Waals surface area contributed by atoms with Crippen LogP contribution in [-0.2, 0) is 14.3 Å². The Balaban J connectivity index is 1.28. The Bertz CT molecular complexity index is 991. The minimum atomic E-state index is -0.927. The van der Waals surface area contributed by atoms with Crippen LogP contribution in [0.15, 0.2) is 48.5 Å². The van der Waals surface area contributed by atoms with E-state index in [4.69, 9.17) is 9.84 Å². The van der Waals surface area contributed by atoms with Crippen LogP contribution in [0.5, 0.6) is 0 Å². The van der Waals surface area contributed by atoms with Gasteiger partial charge in [-0.1, -0.05) is 55.5 Å². The van der Waals surface area contributed by atoms with E-state index in [2.05, 4.69) is 34.9 Å². The number of carbonyl (C=O) groups excluding carboxylic acids is 2. The molecule has 4 rings (SSSR count). The highest BCUT2D eigenvalue weighted by molar-refractivity contribution is 5.81. The van der Waals surface area contributed by atoms with Crippen molar-refractivity contribution >= 4 is 18.0 Å². The number of carboxylic acid groups (broad SMARTS) is 1. The molecule has 0 unspecified atom stereocenters. The maximum Gasteiger partial charge on any atom is 0.407 e. The van der Waals surface area contributed by atoms with Crippen molar-refractivity contribution in [3.63, 3.8) is 0 Å². The number of carboxylic acids is 1. The van der Waals surface area contributed by atoms with Crippen molar-refractivity contribution in [3.8, 4) is 11.1 Å². The molecule has 0 aromatic heterocycles. The van der Waals surface area contributed by atoms with Crippen LogP contribution < -0.4 is 10.6 Å². The summed E-state index contributed by atoms with van der Waals surface area (Å²) in [6.45, 7) is 2.11. The van der Waals surface area contributed by atoms with Crippen LogP contribution in [-0.4, -0.2) is 41.8 Å². The van der Waals surface area contributed by atoms with Crippen molar-refractivity contribution in [1.29, 1.82) is 0 Å². The number of alkyl carbamates (subject to hydrolysis) is 1. The zero-order valence-electron chi connectivity index (χ0n) is 18.8. The largest absolute Gasteiger partial charge is 0.481 e. The van der Waals surface area contributed by atoms with Crippen LogP contribution in [0.25, 0.3) is 11.1 Å². The number of carbonyl (C=O) groups is 3. The van der Waals surface area contributed by atoms with Gasteiger partial charge < -0.3 is 20.5 Å². The molecule has 2 amide bonds. The molecule has 0 saturated heterocycles. The third-order valence-corrected chi connectivity index (χ3v) is 6.73. The van der Waals surface area contributed by atoms with Crippen LogP contribution in [0, 0.1) is 5.92 Å². The number of rotatable bonds is 8. The van der Waals surface area contributed by atoms with Crippen molar-refractivity contribution in [2.24, 2.45) is 5.92 Å². The molecule has 3 N–H and O–H groups in total. The highest BCUT2D eigenvalue weighted by Crippen LogP contribution is 2.44. The first-order valence-electron chi connectivity index (χ1n) is 11.6. The smallest absolute Gasteiger partial charge is 0.407 e. The van der Waals surface area contributed by atoms with Crippen molar-refractivity contribution in [2.75, 3.05) is 6.61 Å². The highest BCUT2D eigenvalue weighted by Gasteiger charge is 2.33. The van der Waals surface area contributed by atoms with Crippen molar-refractivity contribution in [3.05, 3.63) is 59.7 Å². The number of ether oxygens (including phenoxy) is 1. The van der Waals surface area contributed by atoms with Crippen molar-refractivity contribution in [2.45, 2.75) is 57.0 Å². The minimum absolute atomic E-state index is 0.00506. The van der Waals surface area contributed by atoms with Crippen molar-refractivity contribution < 1.29 is 24.2 Å². The number of hydrogen-bond acceptors (Lipinski definition) is 4. The molecule has 0 spiro atoms. The van der Waals surface area contributed by atoms with E-state index in [0.29, 0.717) is 25.7 Å². The first-order valence-corrected chi connectivity index (χ1v) is 11.6. The highest BCUT2D eigenvalue weighted by atomic mass is 16.5. The summed E-state index contributed by atoms with van der Waals surface area (Å²) in [5.41, 5.74) is 4.69. The maximum atomic E-state index is 12.5. The van der Waals surface area contributed by atoms with Crippen molar-refractivity contribution in [1.82, 2.24) is 10.6 Å². The van der Waals surface area contributed by atoms with E-state index in [9.17, 15) is 14.4 Å². The molecule has 7 nitrogen and oxygen atoms in total. The predicted molar refractivity (Wildman–Crippen MR) is 124 cm³/mol. The van der Waals surface area contributed by atoms with Crippen LogP contribution >= 0.6 is 0 Å². The number of amides is 2. The van der Waals surface area contributed by atoms with Gasteiger partial charge in [-0.15, -0.1) is 0 Å². The topological polar surface area (TPSA) is 105 Å². The Hall–Kier alpha value is -3.35. The Kier molecular flexibility index (Phi) is 6.96. The second-order valence-electron chi connectivity index (χ2n) is 8.89. The lowest BCUT2D eigenvalue weighted by Crippen LogP contribution is -2.40. The number of aliphatic carboxylic acids is 1. The predicted octanol–water partition coefficient (Wildman–Crippen LogP) is 4.06. The van der Waals surface area contributed by atoms with E-state index < -0.39 is 12.1 Å². The van der Waals surface area contributed by atoms with Crippen LogP contribution in [0.3, 0.4) is 0 Å². The van der Waals surface area contributed by atoms with Gasteiger partial charge in [0, 0.05) is 23.9 Å². The molecule has 2 aliphatic carbocycles. The van der Waals surface area contributed by atoms with E-state index in [1.54, 1.807) is 0 Å². The first kappa shape index (κ1) is 22.8. The second-order valence-corrected chi connectivity index (χ2v) is 8.89. The molecule has 0 heterocycles. The summed E-state index contributed by atoms with van der Waals surface area (Å²) in [5.74, 6) is -1.29. The second kappa shape index (κ2) is 10.1. The molecule has 7 heteroatoms. The molecule has 2 aromatic rings. The third kappa shape index (κ3) is 5.18. The Morgan fingerprint density at radius 1 is 1.03 bits per heavy atom. The number of benzene rings is 2. The van der Waals surface area contributed by atoms with E-state index >= 15 is 0 Å². The molecule has 1 fully saturated rings. The van der Waals surface area contributed by atoms with Gasteiger partial charge in [-0.2, -0.15) is 0 Å². The van der Waals surface area contributed by atoms with E-state index in [1.807, 2.05) is 31.2 Å². The lowest BCUT2D eigenvalue weighted by atomic mass is 9.98. The van der Waals surface area contributed by atoms with Gasteiger partial charge >= 0.3 is 12.1 Å². The first-order chi connectivity index (χ1) is 16.0. The lowest BCUT2D eigenvalue weighted by Gasteiger charge is -2.19. The zero-order chi connectivity index (χ0) is 23.4. The summed E-state index contributed by atoms with van der Waals surface area (Å²) in [6.07, 6.45) is 1.88. The van der Waals surface area contributed by atoms with Gasteiger partial charge in [0.25, 0.3) is 0 Å². The Labute approximate surface area is 193 Å². The standard InChI is InChI=1S/C26H30N2O5/c1-2-17(14-24(29)30)27-25(31)16-11-12-18(13-16)28-26(32)33-15-23-21-9-5-3-7-19(21)20-8-4-6-10-22(20)23/h3-10,16-18,23H,2,11-15H2,1H3,(H,27,31)(H,28,32)(H,29,30)/t16-,17+,18+/m1/s1. The molecule has 3 atom stereocenters. The SMILES string of the molecule is CC[C@@H](CC(=O)O)NC(=O)[C@@H]1CC[C@H](NC(=O)OCC2c3ccccc3-c3ccccc32)C1. The summed E-state index contributed by atoms with van der Waals surface area (Å²) < 4.78 is 5.61. The molecular formula is C26H30N2O5. The van der Waals surface area contributed by atoms with Gasteiger partial charge in [-0.05, 0) is 47.9 Å². The van der Waals surface area contributed by atoms with Gasteiger partial charge in [-0.3, -0.25) is 9.59 Å². The van der Waals surface area contributed by atoms with Crippen LogP contribution in [0.4, 0.5) is 4.79 Å². The maximum absolute atomic E-state index is 12.5. The van der Waals surface area contributed by atoms with Crippen LogP contribution in [0.2, 0.25) is 0 Å². The molecule has 33 heavy (non-hydrogen) atoms. The van der Waals surface area contributed by atoms with Gasteiger partial charge in [0.15, 0.2) is 0 Å². The fourth-order valence-corrected chi connectivity index (χ4v) is 4.98. The molecule has 2 aromatic carbocycles. The summed E-state index contributed by atoms with van der Waals surface area (Å²) in [7, 11) is 0. The van der Waals surface area contributed by atoms with Gasteiger partial charge in [0.05, 0.1) is 6.42 Å².